The summed E-state index contributed by atoms with van der Waals surface area (Å²) in [5, 5.41) is 12.0. The summed E-state index contributed by atoms with van der Waals surface area (Å²) in [6.45, 7) is 5.57. The highest BCUT2D eigenvalue weighted by molar-refractivity contribution is 5.81. The van der Waals surface area contributed by atoms with E-state index in [0.717, 1.165) is 17.8 Å². The number of carbonyl (C=O) groups excluding carboxylic acids is 1. The molecule has 0 spiro atoms. The summed E-state index contributed by atoms with van der Waals surface area (Å²) in [5.41, 5.74) is 1.77. The fourth-order valence-electron chi connectivity index (χ4n) is 1.75. The van der Waals surface area contributed by atoms with E-state index >= 15 is 0 Å². The Morgan fingerprint density at radius 3 is 2.65 bits per heavy atom. The largest absolute Gasteiger partial charge is 0.392 e. The van der Waals surface area contributed by atoms with Crippen LogP contribution in [0.5, 0.6) is 0 Å². The monoisotopic (exact) mass is 236 g/mol. The average molecular weight is 236 g/mol. The van der Waals surface area contributed by atoms with Gasteiger partial charge >= 0.3 is 0 Å². The molecule has 0 aliphatic rings. The van der Waals surface area contributed by atoms with Crippen LogP contribution in [0.2, 0.25) is 0 Å². The van der Waals surface area contributed by atoms with Crippen molar-refractivity contribution in [2.45, 2.75) is 20.5 Å². The predicted octanol–water partition coefficient (Wildman–Crippen LogP) is 1.14. The summed E-state index contributed by atoms with van der Waals surface area (Å²) in [5.74, 6) is 0.00194. The Kier molecular flexibility index (Phi) is 5.49. The van der Waals surface area contributed by atoms with Crippen LogP contribution in [0.4, 0.5) is 5.69 Å². The van der Waals surface area contributed by atoms with Gasteiger partial charge in [0.25, 0.3) is 0 Å². The molecule has 4 nitrogen and oxygen atoms in total. The highest BCUT2D eigenvalue weighted by atomic mass is 16.3. The molecule has 0 fully saturated rings. The molecule has 0 radical (unpaired) electrons. The van der Waals surface area contributed by atoms with Gasteiger partial charge in [0.1, 0.15) is 0 Å². The minimum atomic E-state index is -0.0118. The Balaban J connectivity index is 2.82. The molecule has 0 atom stereocenters. The van der Waals surface area contributed by atoms with Crippen molar-refractivity contribution in [2.75, 3.05) is 24.5 Å². The van der Waals surface area contributed by atoms with E-state index in [0.29, 0.717) is 13.1 Å². The van der Waals surface area contributed by atoms with E-state index in [1.165, 1.54) is 0 Å². The maximum Gasteiger partial charge on any atom is 0.239 e. The summed E-state index contributed by atoms with van der Waals surface area (Å²) in [7, 11) is 0. The van der Waals surface area contributed by atoms with E-state index in [2.05, 4.69) is 5.32 Å². The van der Waals surface area contributed by atoms with Gasteiger partial charge in [-0.2, -0.15) is 0 Å². The lowest BCUT2D eigenvalue weighted by molar-refractivity contribution is -0.119. The van der Waals surface area contributed by atoms with Crippen molar-refractivity contribution in [3.8, 4) is 0 Å². The van der Waals surface area contributed by atoms with Gasteiger partial charge in [-0.1, -0.05) is 18.2 Å². The fraction of sp³-hybridized carbons (Fsp3) is 0.462. The van der Waals surface area contributed by atoms with Crippen molar-refractivity contribution >= 4 is 11.6 Å². The second-order valence-corrected chi connectivity index (χ2v) is 3.75. The number of nitrogens with zero attached hydrogens (tertiary/aromatic N) is 1. The van der Waals surface area contributed by atoms with Crippen LogP contribution < -0.4 is 10.2 Å². The number of aliphatic hydroxyl groups excluding tert-OH is 1. The number of nitrogens with one attached hydrogen (secondary N) is 1. The lowest BCUT2D eigenvalue weighted by Crippen LogP contribution is -2.37. The fourth-order valence-corrected chi connectivity index (χ4v) is 1.75. The molecule has 94 valence electrons. The van der Waals surface area contributed by atoms with Crippen LogP contribution in [0.1, 0.15) is 19.4 Å². The normalized spacial score (nSPS) is 10.1. The summed E-state index contributed by atoms with van der Waals surface area (Å²) in [4.78, 5) is 13.5. The molecule has 1 amide bonds. The van der Waals surface area contributed by atoms with Gasteiger partial charge in [-0.3, -0.25) is 4.79 Å². The maximum atomic E-state index is 11.6. The predicted molar refractivity (Wildman–Crippen MR) is 68.9 cm³/mol. The van der Waals surface area contributed by atoms with E-state index in [9.17, 15) is 9.90 Å². The van der Waals surface area contributed by atoms with Gasteiger partial charge in [0.05, 0.1) is 13.2 Å². The first-order chi connectivity index (χ1) is 8.22. The van der Waals surface area contributed by atoms with Crippen LogP contribution >= 0.6 is 0 Å². The summed E-state index contributed by atoms with van der Waals surface area (Å²) < 4.78 is 0. The Hall–Kier alpha value is -1.55. The van der Waals surface area contributed by atoms with E-state index in [1.807, 2.05) is 43.0 Å². The lowest BCUT2D eigenvalue weighted by atomic mass is 10.1. The number of hydrogen-bond donors (Lipinski definition) is 2. The van der Waals surface area contributed by atoms with Gasteiger partial charge in [0.15, 0.2) is 0 Å². The molecule has 0 bridgehead atoms. The zero-order valence-electron chi connectivity index (χ0n) is 10.4. The molecule has 17 heavy (non-hydrogen) atoms. The van der Waals surface area contributed by atoms with Crippen molar-refractivity contribution in [3.63, 3.8) is 0 Å². The minimum absolute atomic E-state index is 0.00194. The molecule has 0 unspecified atom stereocenters. The topological polar surface area (TPSA) is 52.6 Å². The van der Waals surface area contributed by atoms with Crippen molar-refractivity contribution in [1.29, 1.82) is 0 Å². The molecular formula is C13H20N2O2. The van der Waals surface area contributed by atoms with Gasteiger partial charge in [-0.25, -0.2) is 0 Å². The number of benzene rings is 1. The van der Waals surface area contributed by atoms with Crippen molar-refractivity contribution in [1.82, 2.24) is 5.32 Å². The Bertz CT molecular complexity index is 366. The SMILES string of the molecule is CCNC(=O)CN(CC)c1ccccc1CO. The molecule has 2 N–H and O–H groups in total. The van der Waals surface area contributed by atoms with Gasteiger partial charge in [0, 0.05) is 24.3 Å². The Labute approximate surface area is 102 Å². The summed E-state index contributed by atoms with van der Waals surface area (Å²) in [6, 6.07) is 7.59. The first-order valence-corrected chi connectivity index (χ1v) is 5.93. The molecule has 1 aromatic carbocycles. The van der Waals surface area contributed by atoms with E-state index < -0.39 is 0 Å². The molecule has 0 aromatic heterocycles. The van der Waals surface area contributed by atoms with Crippen LogP contribution in [0, 0.1) is 0 Å². The quantitative estimate of drug-likeness (QED) is 0.779. The number of aliphatic hydroxyl groups is 1. The molecule has 0 saturated heterocycles. The second-order valence-electron chi connectivity index (χ2n) is 3.75. The van der Waals surface area contributed by atoms with E-state index in [-0.39, 0.29) is 12.5 Å². The molecule has 1 rings (SSSR count). The molecular weight excluding hydrogens is 216 g/mol. The standard InChI is InChI=1S/C13H20N2O2/c1-3-14-13(17)9-15(4-2)12-8-6-5-7-11(12)10-16/h5-8,16H,3-4,9-10H2,1-2H3,(H,14,17). The zero-order chi connectivity index (χ0) is 12.7. The average Bonchev–Trinajstić information content (AvgIpc) is 2.36. The van der Waals surface area contributed by atoms with Gasteiger partial charge in [-0.05, 0) is 19.9 Å². The molecule has 0 saturated carbocycles. The second kappa shape index (κ2) is 6.91. The molecule has 0 aliphatic heterocycles. The van der Waals surface area contributed by atoms with Crippen LogP contribution in [0.15, 0.2) is 24.3 Å². The van der Waals surface area contributed by atoms with Crippen LogP contribution in [0.25, 0.3) is 0 Å². The highest BCUT2D eigenvalue weighted by Crippen LogP contribution is 2.19. The number of amides is 1. The van der Waals surface area contributed by atoms with Crippen LogP contribution in [-0.4, -0.2) is 30.6 Å². The van der Waals surface area contributed by atoms with Crippen molar-refractivity contribution in [3.05, 3.63) is 29.8 Å². The zero-order valence-corrected chi connectivity index (χ0v) is 10.4. The third kappa shape index (κ3) is 3.75. The molecule has 4 heteroatoms. The number of likely N-dealkylation sites (N-methyl/N-ethyl adjacent to an activating group) is 2. The number of rotatable bonds is 6. The Morgan fingerprint density at radius 2 is 2.06 bits per heavy atom. The third-order valence-electron chi connectivity index (χ3n) is 2.59. The number of para-hydroxylation sites is 1. The minimum Gasteiger partial charge on any atom is -0.392 e. The number of carbonyl (C=O) groups is 1. The smallest absolute Gasteiger partial charge is 0.239 e. The highest BCUT2D eigenvalue weighted by Gasteiger charge is 2.11. The van der Waals surface area contributed by atoms with Crippen molar-refractivity contribution in [2.24, 2.45) is 0 Å². The van der Waals surface area contributed by atoms with Gasteiger partial charge in [-0.15, -0.1) is 0 Å². The third-order valence-corrected chi connectivity index (χ3v) is 2.59. The van der Waals surface area contributed by atoms with Gasteiger partial charge < -0.3 is 15.3 Å². The Morgan fingerprint density at radius 1 is 1.35 bits per heavy atom. The summed E-state index contributed by atoms with van der Waals surface area (Å²) in [6.07, 6.45) is 0. The molecule has 1 aromatic rings. The number of anilines is 1. The van der Waals surface area contributed by atoms with Gasteiger partial charge in [0.2, 0.25) is 5.91 Å². The summed E-state index contributed by atoms with van der Waals surface area (Å²) >= 11 is 0. The molecule has 0 aliphatic carbocycles. The van der Waals surface area contributed by atoms with E-state index in [1.54, 1.807) is 0 Å². The first kappa shape index (κ1) is 13.5. The first-order valence-electron chi connectivity index (χ1n) is 5.93. The van der Waals surface area contributed by atoms with E-state index in [4.69, 9.17) is 0 Å². The van der Waals surface area contributed by atoms with Crippen molar-refractivity contribution < 1.29 is 9.90 Å². The lowest BCUT2D eigenvalue weighted by Gasteiger charge is -2.24. The maximum absolute atomic E-state index is 11.6. The number of hydrogen-bond acceptors (Lipinski definition) is 3. The van der Waals surface area contributed by atoms with Crippen LogP contribution in [0.3, 0.4) is 0 Å². The van der Waals surface area contributed by atoms with Crippen LogP contribution in [-0.2, 0) is 11.4 Å². The molecule has 0 heterocycles.